The average Bonchev–Trinajstić information content (AvgIpc) is 2.20. The maximum atomic E-state index is 5.46. The lowest BCUT2D eigenvalue weighted by atomic mass is 9.77. The highest BCUT2D eigenvalue weighted by Crippen LogP contribution is 2.33. The SMILES string of the molecule is C/C=C\C1CC(OC)C(OC)CC1C. The third-order valence-corrected chi connectivity index (χ3v) is 3.30. The summed E-state index contributed by atoms with van der Waals surface area (Å²) in [6, 6.07) is 0. The lowest BCUT2D eigenvalue weighted by molar-refractivity contribution is -0.0785. The van der Waals surface area contributed by atoms with E-state index in [4.69, 9.17) is 9.47 Å². The summed E-state index contributed by atoms with van der Waals surface area (Å²) < 4.78 is 10.9. The van der Waals surface area contributed by atoms with Crippen LogP contribution in [0.2, 0.25) is 0 Å². The summed E-state index contributed by atoms with van der Waals surface area (Å²) in [7, 11) is 3.55. The number of hydrogen-bond acceptors (Lipinski definition) is 2. The van der Waals surface area contributed by atoms with Gasteiger partial charge in [0.2, 0.25) is 0 Å². The molecule has 82 valence electrons. The van der Waals surface area contributed by atoms with Crippen LogP contribution in [-0.4, -0.2) is 26.4 Å². The fourth-order valence-corrected chi connectivity index (χ4v) is 2.36. The smallest absolute Gasteiger partial charge is 0.0838 e. The van der Waals surface area contributed by atoms with Crippen LogP contribution in [0.5, 0.6) is 0 Å². The molecular formula is C12H22O2. The molecule has 0 bridgehead atoms. The van der Waals surface area contributed by atoms with E-state index < -0.39 is 0 Å². The Morgan fingerprint density at radius 2 is 1.64 bits per heavy atom. The van der Waals surface area contributed by atoms with Gasteiger partial charge in [0.15, 0.2) is 0 Å². The van der Waals surface area contributed by atoms with Crippen LogP contribution < -0.4 is 0 Å². The van der Waals surface area contributed by atoms with Crippen LogP contribution in [0.3, 0.4) is 0 Å². The highest BCUT2D eigenvalue weighted by molar-refractivity contribution is 4.95. The second kappa shape index (κ2) is 5.52. The first kappa shape index (κ1) is 11.7. The predicted octanol–water partition coefficient (Wildman–Crippen LogP) is 2.64. The number of hydrogen-bond donors (Lipinski definition) is 0. The van der Waals surface area contributed by atoms with Crippen LogP contribution in [0.1, 0.15) is 26.7 Å². The molecule has 2 nitrogen and oxygen atoms in total. The normalized spacial score (nSPS) is 39.1. The molecule has 0 saturated heterocycles. The first-order valence-corrected chi connectivity index (χ1v) is 5.41. The van der Waals surface area contributed by atoms with Crippen molar-refractivity contribution in [1.29, 1.82) is 0 Å². The van der Waals surface area contributed by atoms with Crippen LogP contribution in [0, 0.1) is 11.8 Å². The minimum atomic E-state index is 0.261. The molecule has 1 rings (SSSR count). The van der Waals surface area contributed by atoms with Gasteiger partial charge in [-0.15, -0.1) is 0 Å². The maximum absolute atomic E-state index is 5.46. The fourth-order valence-electron chi connectivity index (χ4n) is 2.36. The molecule has 0 aliphatic heterocycles. The van der Waals surface area contributed by atoms with Crippen LogP contribution in [-0.2, 0) is 9.47 Å². The second-order valence-electron chi connectivity index (χ2n) is 4.19. The van der Waals surface area contributed by atoms with Crippen molar-refractivity contribution in [2.45, 2.75) is 38.9 Å². The quantitative estimate of drug-likeness (QED) is 0.649. The number of rotatable bonds is 3. The van der Waals surface area contributed by atoms with Crippen molar-refractivity contribution in [3.63, 3.8) is 0 Å². The van der Waals surface area contributed by atoms with E-state index in [0.29, 0.717) is 11.8 Å². The Morgan fingerprint density at radius 3 is 2.14 bits per heavy atom. The molecule has 1 saturated carbocycles. The van der Waals surface area contributed by atoms with Crippen molar-refractivity contribution < 1.29 is 9.47 Å². The molecule has 0 spiro atoms. The van der Waals surface area contributed by atoms with Crippen molar-refractivity contribution in [2.75, 3.05) is 14.2 Å². The Hall–Kier alpha value is -0.340. The van der Waals surface area contributed by atoms with Crippen molar-refractivity contribution in [3.8, 4) is 0 Å². The molecule has 0 aromatic carbocycles. The summed E-state index contributed by atoms with van der Waals surface area (Å²) in [6.07, 6.45) is 7.16. The van der Waals surface area contributed by atoms with Gasteiger partial charge in [0, 0.05) is 14.2 Å². The lowest BCUT2D eigenvalue weighted by Crippen LogP contribution is -2.39. The molecule has 1 fully saturated rings. The van der Waals surface area contributed by atoms with Gasteiger partial charge in [-0.2, -0.15) is 0 Å². The second-order valence-corrected chi connectivity index (χ2v) is 4.19. The van der Waals surface area contributed by atoms with Crippen molar-refractivity contribution in [1.82, 2.24) is 0 Å². The molecule has 2 heteroatoms. The topological polar surface area (TPSA) is 18.5 Å². The standard InChI is InChI=1S/C12H22O2/c1-5-6-10-8-12(14-4)11(13-3)7-9(10)2/h5-6,9-12H,7-8H2,1-4H3/b6-5-. The summed E-state index contributed by atoms with van der Waals surface area (Å²) >= 11 is 0. The summed E-state index contributed by atoms with van der Waals surface area (Å²) in [5.41, 5.74) is 0. The van der Waals surface area contributed by atoms with Gasteiger partial charge in [0.1, 0.15) is 0 Å². The fraction of sp³-hybridized carbons (Fsp3) is 0.833. The number of ether oxygens (including phenoxy) is 2. The summed E-state index contributed by atoms with van der Waals surface area (Å²) in [5, 5.41) is 0. The molecule has 0 amide bonds. The van der Waals surface area contributed by atoms with Gasteiger partial charge in [-0.25, -0.2) is 0 Å². The Balaban J connectivity index is 2.61. The number of allylic oxidation sites excluding steroid dienone is 2. The van der Waals surface area contributed by atoms with E-state index in [1.807, 2.05) is 0 Å². The average molecular weight is 198 g/mol. The van der Waals surface area contributed by atoms with Crippen LogP contribution in [0.25, 0.3) is 0 Å². The van der Waals surface area contributed by atoms with E-state index >= 15 is 0 Å². The third-order valence-electron chi connectivity index (χ3n) is 3.30. The molecule has 4 atom stereocenters. The van der Waals surface area contributed by atoms with Gasteiger partial charge >= 0.3 is 0 Å². The van der Waals surface area contributed by atoms with E-state index in [0.717, 1.165) is 12.8 Å². The van der Waals surface area contributed by atoms with Crippen molar-refractivity contribution in [3.05, 3.63) is 12.2 Å². The zero-order valence-corrected chi connectivity index (χ0v) is 9.69. The molecular weight excluding hydrogens is 176 g/mol. The molecule has 14 heavy (non-hydrogen) atoms. The zero-order valence-electron chi connectivity index (χ0n) is 9.69. The van der Waals surface area contributed by atoms with Gasteiger partial charge in [0.25, 0.3) is 0 Å². The Bertz CT molecular complexity index is 189. The Labute approximate surface area is 87.3 Å². The maximum Gasteiger partial charge on any atom is 0.0838 e. The van der Waals surface area contributed by atoms with Gasteiger partial charge in [-0.1, -0.05) is 19.1 Å². The van der Waals surface area contributed by atoms with Crippen LogP contribution in [0.15, 0.2) is 12.2 Å². The van der Waals surface area contributed by atoms with Crippen LogP contribution in [0.4, 0.5) is 0 Å². The molecule has 1 aliphatic rings. The predicted molar refractivity (Wildman–Crippen MR) is 58.3 cm³/mol. The molecule has 0 aromatic heterocycles. The van der Waals surface area contributed by atoms with Gasteiger partial charge < -0.3 is 9.47 Å². The van der Waals surface area contributed by atoms with E-state index in [2.05, 4.69) is 26.0 Å². The van der Waals surface area contributed by atoms with Crippen LogP contribution >= 0.6 is 0 Å². The Kier molecular flexibility index (Phi) is 4.63. The molecule has 0 heterocycles. The monoisotopic (exact) mass is 198 g/mol. The minimum absolute atomic E-state index is 0.261. The van der Waals surface area contributed by atoms with Gasteiger partial charge in [0.05, 0.1) is 12.2 Å². The molecule has 0 aromatic rings. The molecule has 0 N–H and O–H groups in total. The lowest BCUT2D eigenvalue weighted by Gasteiger charge is -2.37. The van der Waals surface area contributed by atoms with E-state index in [-0.39, 0.29) is 12.2 Å². The van der Waals surface area contributed by atoms with E-state index in [1.54, 1.807) is 14.2 Å². The number of methoxy groups -OCH3 is 2. The summed E-state index contributed by atoms with van der Waals surface area (Å²) in [4.78, 5) is 0. The third kappa shape index (κ3) is 2.58. The van der Waals surface area contributed by atoms with Crippen molar-refractivity contribution in [2.24, 2.45) is 11.8 Å². The molecule has 1 aliphatic carbocycles. The van der Waals surface area contributed by atoms with Gasteiger partial charge in [-0.05, 0) is 31.6 Å². The minimum Gasteiger partial charge on any atom is -0.379 e. The van der Waals surface area contributed by atoms with E-state index in [9.17, 15) is 0 Å². The zero-order chi connectivity index (χ0) is 10.6. The molecule has 4 unspecified atom stereocenters. The summed E-state index contributed by atoms with van der Waals surface area (Å²) in [6.45, 7) is 4.37. The molecule has 0 radical (unpaired) electrons. The van der Waals surface area contributed by atoms with Gasteiger partial charge in [-0.3, -0.25) is 0 Å². The largest absolute Gasteiger partial charge is 0.379 e. The highest BCUT2D eigenvalue weighted by atomic mass is 16.5. The van der Waals surface area contributed by atoms with E-state index in [1.165, 1.54) is 0 Å². The first-order chi connectivity index (χ1) is 6.72. The Morgan fingerprint density at radius 1 is 1.07 bits per heavy atom. The summed E-state index contributed by atoms with van der Waals surface area (Å²) in [5.74, 6) is 1.35. The van der Waals surface area contributed by atoms with Crippen molar-refractivity contribution >= 4 is 0 Å². The highest BCUT2D eigenvalue weighted by Gasteiger charge is 2.33. The first-order valence-electron chi connectivity index (χ1n) is 5.41.